The number of anilines is 1. The molecular formula is C13H14N4. The summed E-state index contributed by atoms with van der Waals surface area (Å²) in [5, 5.41) is 8.02. The minimum Gasteiger partial charge on any atom is -0.366 e. The van der Waals surface area contributed by atoms with Crippen LogP contribution < -0.4 is 5.73 Å². The molecule has 0 saturated heterocycles. The molecule has 0 amide bonds. The van der Waals surface area contributed by atoms with Crippen molar-refractivity contribution in [3.63, 3.8) is 0 Å². The Labute approximate surface area is 99.9 Å². The van der Waals surface area contributed by atoms with Crippen molar-refractivity contribution in [2.75, 3.05) is 5.73 Å². The number of fused-ring (bicyclic) bond motifs is 3. The summed E-state index contributed by atoms with van der Waals surface area (Å²) in [7, 11) is 0. The van der Waals surface area contributed by atoms with Crippen LogP contribution in [0.3, 0.4) is 0 Å². The van der Waals surface area contributed by atoms with Crippen LogP contribution in [0.1, 0.15) is 25.1 Å². The van der Waals surface area contributed by atoms with Crippen molar-refractivity contribution in [3.8, 4) is 11.3 Å². The molecule has 4 heteroatoms. The van der Waals surface area contributed by atoms with Gasteiger partial charge in [0.2, 0.25) is 5.95 Å². The first-order chi connectivity index (χ1) is 8.08. The second kappa shape index (κ2) is 3.26. The predicted octanol–water partition coefficient (Wildman–Crippen LogP) is 1.95. The fourth-order valence-electron chi connectivity index (χ4n) is 2.49. The third-order valence-corrected chi connectivity index (χ3v) is 3.29. The summed E-state index contributed by atoms with van der Waals surface area (Å²) in [6.07, 6.45) is 0.847. The zero-order valence-corrected chi connectivity index (χ0v) is 9.94. The van der Waals surface area contributed by atoms with Gasteiger partial charge in [-0.2, -0.15) is 0 Å². The predicted molar refractivity (Wildman–Crippen MR) is 66.4 cm³/mol. The highest BCUT2D eigenvalue weighted by Gasteiger charge is 2.32. The second-order valence-corrected chi connectivity index (χ2v) is 5.07. The van der Waals surface area contributed by atoms with Crippen molar-refractivity contribution < 1.29 is 0 Å². The van der Waals surface area contributed by atoms with Gasteiger partial charge in [0, 0.05) is 12.0 Å². The molecule has 2 aromatic rings. The average Bonchev–Trinajstić information content (AvgIpc) is 2.30. The summed E-state index contributed by atoms with van der Waals surface area (Å²) in [4.78, 5) is 4.32. The number of aromatic nitrogens is 3. The SMILES string of the molecule is CC1(C)Cc2nnc(N)nc2-c2ccccc21. The summed E-state index contributed by atoms with van der Waals surface area (Å²) in [6, 6.07) is 8.30. The van der Waals surface area contributed by atoms with Gasteiger partial charge in [-0.1, -0.05) is 38.1 Å². The van der Waals surface area contributed by atoms with Crippen molar-refractivity contribution in [2.45, 2.75) is 25.7 Å². The maximum Gasteiger partial charge on any atom is 0.240 e. The van der Waals surface area contributed by atoms with E-state index in [1.54, 1.807) is 0 Å². The normalized spacial score (nSPS) is 16.1. The van der Waals surface area contributed by atoms with Crippen molar-refractivity contribution in [2.24, 2.45) is 0 Å². The van der Waals surface area contributed by atoms with Gasteiger partial charge in [-0.3, -0.25) is 0 Å². The lowest BCUT2D eigenvalue weighted by Crippen LogP contribution is -2.27. The van der Waals surface area contributed by atoms with E-state index in [9.17, 15) is 0 Å². The average molecular weight is 226 g/mol. The number of benzene rings is 1. The fourth-order valence-corrected chi connectivity index (χ4v) is 2.49. The van der Waals surface area contributed by atoms with E-state index >= 15 is 0 Å². The smallest absolute Gasteiger partial charge is 0.240 e. The molecule has 1 aromatic carbocycles. The Bertz CT molecular complexity index is 590. The Balaban J connectivity index is 2.33. The highest BCUT2D eigenvalue weighted by atomic mass is 15.2. The molecule has 0 radical (unpaired) electrons. The Morgan fingerprint density at radius 2 is 1.94 bits per heavy atom. The van der Waals surface area contributed by atoms with Crippen LogP contribution in [0.15, 0.2) is 24.3 Å². The number of nitrogens with two attached hydrogens (primary N) is 1. The van der Waals surface area contributed by atoms with Crippen LogP contribution in [0.5, 0.6) is 0 Å². The minimum atomic E-state index is 0.0655. The third-order valence-electron chi connectivity index (χ3n) is 3.29. The number of hydrogen-bond donors (Lipinski definition) is 1. The van der Waals surface area contributed by atoms with E-state index in [-0.39, 0.29) is 11.4 Å². The Kier molecular flexibility index (Phi) is 1.96. The molecule has 0 aliphatic heterocycles. The zero-order chi connectivity index (χ0) is 12.0. The van der Waals surface area contributed by atoms with Gasteiger partial charge in [0.05, 0.1) is 11.4 Å². The van der Waals surface area contributed by atoms with Crippen molar-refractivity contribution in [1.82, 2.24) is 15.2 Å². The minimum absolute atomic E-state index is 0.0655. The van der Waals surface area contributed by atoms with Gasteiger partial charge in [0.25, 0.3) is 0 Å². The number of nitrogens with zero attached hydrogens (tertiary/aromatic N) is 3. The van der Waals surface area contributed by atoms with Crippen LogP contribution in [0.4, 0.5) is 5.95 Å². The first-order valence-corrected chi connectivity index (χ1v) is 5.67. The molecular weight excluding hydrogens is 212 g/mol. The maximum absolute atomic E-state index is 5.62. The molecule has 1 aliphatic rings. The molecule has 0 unspecified atom stereocenters. The van der Waals surface area contributed by atoms with E-state index < -0.39 is 0 Å². The molecule has 3 rings (SSSR count). The second-order valence-electron chi connectivity index (χ2n) is 5.07. The molecule has 0 saturated carbocycles. The first kappa shape index (κ1) is 10.2. The number of nitrogen functional groups attached to an aromatic ring is 1. The van der Waals surface area contributed by atoms with E-state index in [2.05, 4.69) is 47.2 Å². The quantitative estimate of drug-likeness (QED) is 0.745. The molecule has 1 aliphatic carbocycles. The lowest BCUT2D eigenvalue weighted by Gasteiger charge is -2.32. The maximum atomic E-state index is 5.62. The highest BCUT2D eigenvalue weighted by Crippen LogP contribution is 2.40. The van der Waals surface area contributed by atoms with E-state index in [1.165, 1.54) is 5.56 Å². The summed E-state index contributed by atoms with van der Waals surface area (Å²) in [5.41, 5.74) is 9.93. The van der Waals surface area contributed by atoms with Gasteiger partial charge in [0.15, 0.2) is 0 Å². The van der Waals surface area contributed by atoms with Gasteiger partial charge in [-0.05, 0) is 11.0 Å². The molecule has 2 N–H and O–H groups in total. The van der Waals surface area contributed by atoms with Crippen LogP contribution in [-0.2, 0) is 11.8 Å². The number of hydrogen-bond acceptors (Lipinski definition) is 4. The molecule has 1 heterocycles. The molecule has 0 spiro atoms. The lowest BCUT2D eigenvalue weighted by molar-refractivity contribution is 0.504. The third kappa shape index (κ3) is 1.48. The topological polar surface area (TPSA) is 64.7 Å². The molecule has 4 nitrogen and oxygen atoms in total. The van der Waals surface area contributed by atoms with Gasteiger partial charge in [0.1, 0.15) is 0 Å². The summed E-state index contributed by atoms with van der Waals surface area (Å²) in [5.74, 6) is 0.234. The molecule has 17 heavy (non-hydrogen) atoms. The molecule has 0 atom stereocenters. The fraction of sp³-hybridized carbons (Fsp3) is 0.308. The number of rotatable bonds is 0. The van der Waals surface area contributed by atoms with Crippen LogP contribution in [0.25, 0.3) is 11.3 Å². The van der Waals surface area contributed by atoms with Gasteiger partial charge in [-0.25, -0.2) is 4.98 Å². The lowest BCUT2D eigenvalue weighted by atomic mass is 9.73. The Morgan fingerprint density at radius 3 is 2.76 bits per heavy atom. The van der Waals surface area contributed by atoms with Crippen molar-refractivity contribution in [3.05, 3.63) is 35.5 Å². The van der Waals surface area contributed by atoms with Crippen molar-refractivity contribution >= 4 is 5.95 Å². The monoisotopic (exact) mass is 226 g/mol. The van der Waals surface area contributed by atoms with Gasteiger partial charge in [-0.15, -0.1) is 10.2 Å². The first-order valence-electron chi connectivity index (χ1n) is 5.67. The molecule has 0 fully saturated rings. The van der Waals surface area contributed by atoms with E-state index in [1.807, 2.05) is 6.07 Å². The summed E-state index contributed by atoms with van der Waals surface area (Å²) in [6.45, 7) is 4.43. The van der Waals surface area contributed by atoms with Crippen LogP contribution in [0.2, 0.25) is 0 Å². The van der Waals surface area contributed by atoms with Gasteiger partial charge < -0.3 is 5.73 Å². The molecule has 86 valence electrons. The largest absolute Gasteiger partial charge is 0.366 e. The summed E-state index contributed by atoms with van der Waals surface area (Å²) >= 11 is 0. The van der Waals surface area contributed by atoms with E-state index in [0.29, 0.717) is 0 Å². The van der Waals surface area contributed by atoms with Crippen LogP contribution in [-0.4, -0.2) is 15.2 Å². The van der Waals surface area contributed by atoms with Gasteiger partial charge >= 0.3 is 0 Å². The molecule has 0 bridgehead atoms. The Hall–Kier alpha value is -1.97. The van der Waals surface area contributed by atoms with E-state index in [4.69, 9.17) is 5.73 Å². The highest BCUT2D eigenvalue weighted by molar-refractivity contribution is 5.70. The summed E-state index contributed by atoms with van der Waals surface area (Å²) < 4.78 is 0. The van der Waals surface area contributed by atoms with Crippen LogP contribution >= 0.6 is 0 Å². The Morgan fingerprint density at radius 1 is 1.18 bits per heavy atom. The molecule has 1 aromatic heterocycles. The zero-order valence-electron chi connectivity index (χ0n) is 9.94. The standard InChI is InChI=1S/C13H14N4/c1-13(2)7-10-11(15-12(14)17-16-10)8-5-3-4-6-9(8)13/h3-6H,7H2,1-2H3,(H2,14,15,17). The van der Waals surface area contributed by atoms with E-state index in [0.717, 1.165) is 23.4 Å². The van der Waals surface area contributed by atoms with Crippen LogP contribution in [0, 0.1) is 0 Å². The van der Waals surface area contributed by atoms with Crippen molar-refractivity contribution in [1.29, 1.82) is 0 Å².